The van der Waals surface area contributed by atoms with Crippen LogP contribution in [0.1, 0.15) is 6.42 Å². The van der Waals surface area contributed by atoms with Crippen molar-refractivity contribution in [1.82, 2.24) is 9.80 Å². The van der Waals surface area contributed by atoms with Gasteiger partial charge in [0, 0.05) is 53.4 Å². The molecule has 0 aromatic heterocycles. The van der Waals surface area contributed by atoms with Crippen LogP contribution < -0.4 is 0 Å². The van der Waals surface area contributed by atoms with Crippen molar-refractivity contribution < 1.29 is 18.9 Å². The lowest BCUT2D eigenvalue weighted by atomic mass is 10.2. The van der Waals surface area contributed by atoms with E-state index in [-0.39, 0.29) is 18.5 Å². The Balaban J connectivity index is 1.98. The quantitative estimate of drug-likeness (QED) is 0.781. The van der Waals surface area contributed by atoms with Crippen molar-refractivity contribution in [2.75, 3.05) is 42.6 Å². The maximum absolute atomic E-state index is 12.4. The van der Waals surface area contributed by atoms with E-state index in [4.69, 9.17) is 5.11 Å². The minimum Gasteiger partial charge on any atom is -0.481 e. The van der Waals surface area contributed by atoms with E-state index < -0.39 is 16.8 Å². The molecule has 2 saturated heterocycles. The van der Waals surface area contributed by atoms with Crippen LogP contribution in [0.15, 0.2) is 0 Å². The predicted molar refractivity (Wildman–Crippen MR) is 74.9 cm³/mol. The van der Waals surface area contributed by atoms with E-state index in [0.29, 0.717) is 36.9 Å². The van der Waals surface area contributed by atoms with Crippen LogP contribution in [0.4, 0.5) is 4.79 Å². The molecule has 108 valence electrons. The third kappa shape index (κ3) is 3.85. The number of aliphatic carboxylic acids is 1. The fourth-order valence-corrected chi connectivity index (χ4v) is 4.40. The van der Waals surface area contributed by atoms with Crippen LogP contribution in [-0.2, 0) is 15.6 Å². The molecule has 8 heteroatoms. The molecule has 0 saturated carbocycles. The van der Waals surface area contributed by atoms with Gasteiger partial charge < -0.3 is 14.9 Å². The Kier molecular flexibility index (Phi) is 5.09. The zero-order valence-electron chi connectivity index (χ0n) is 10.6. The largest absolute Gasteiger partial charge is 0.481 e. The van der Waals surface area contributed by atoms with Gasteiger partial charge in [-0.25, -0.2) is 4.79 Å². The number of hydrogen-bond donors (Lipinski definition) is 1. The molecule has 2 heterocycles. The van der Waals surface area contributed by atoms with Crippen molar-refractivity contribution in [2.24, 2.45) is 0 Å². The maximum atomic E-state index is 12.4. The fraction of sp³-hybridized carbons (Fsp3) is 0.818. The first-order valence-corrected chi connectivity index (χ1v) is 8.92. The molecule has 2 aliphatic rings. The Morgan fingerprint density at radius 1 is 1.26 bits per heavy atom. The number of rotatable bonds is 2. The van der Waals surface area contributed by atoms with E-state index >= 15 is 0 Å². The van der Waals surface area contributed by atoms with Crippen molar-refractivity contribution >= 4 is 34.6 Å². The normalized spacial score (nSPS) is 25.4. The predicted octanol–water partition coefficient (Wildman–Crippen LogP) is 0.0628. The molecule has 2 amide bonds. The van der Waals surface area contributed by atoms with E-state index in [9.17, 15) is 13.8 Å². The van der Waals surface area contributed by atoms with Gasteiger partial charge in [0.25, 0.3) is 0 Å². The molecule has 2 aliphatic heterocycles. The van der Waals surface area contributed by atoms with Gasteiger partial charge in [0.1, 0.15) is 0 Å². The molecule has 1 atom stereocenters. The van der Waals surface area contributed by atoms with Crippen LogP contribution in [0.3, 0.4) is 0 Å². The monoisotopic (exact) mass is 306 g/mol. The number of carboxylic acids is 1. The third-order valence-corrected chi connectivity index (χ3v) is 5.70. The SMILES string of the molecule is O=C(O)CC1CSCCN1C(=O)N1CCS(=O)CC1. The minimum absolute atomic E-state index is 0.00148. The standard InChI is InChI=1S/C11H18N2O4S2/c14-10(15)7-9-8-18-4-1-13(9)11(16)12-2-5-19(17)6-3-12/h9H,1-8H2,(H,14,15). The first-order valence-electron chi connectivity index (χ1n) is 6.28. The van der Waals surface area contributed by atoms with Gasteiger partial charge in [-0.1, -0.05) is 0 Å². The molecule has 1 N–H and O–H groups in total. The summed E-state index contributed by atoms with van der Waals surface area (Å²) in [6, 6.07) is -0.320. The number of carbonyl (C=O) groups excluding carboxylic acids is 1. The second-order valence-electron chi connectivity index (χ2n) is 4.64. The summed E-state index contributed by atoms with van der Waals surface area (Å²) >= 11 is 1.69. The van der Waals surface area contributed by atoms with Gasteiger partial charge in [0.15, 0.2) is 0 Å². The third-order valence-electron chi connectivity index (χ3n) is 3.33. The summed E-state index contributed by atoms with van der Waals surface area (Å²) in [4.78, 5) is 26.6. The van der Waals surface area contributed by atoms with E-state index in [0.717, 1.165) is 5.75 Å². The summed E-state index contributed by atoms with van der Waals surface area (Å²) in [5.74, 6) is 1.71. The van der Waals surface area contributed by atoms with Crippen LogP contribution >= 0.6 is 11.8 Å². The highest BCUT2D eigenvalue weighted by Crippen LogP contribution is 2.21. The molecule has 2 rings (SSSR count). The minimum atomic E-state index is -0.870. The van der Waals surface area contributed by atoms with Crippen LogP contribution in [0.2, 0.25) is 0 Å². The van der Waals surface area contributed by atoms with Crippen LogP contribution in [0.25, 0.3) is 0 Å². The lowest BCUT2D eigenvalue weighted by molar-refractivity contribution is -0.138. The van der Waals surface area contributed by atoms with Crippen molar-refractivity contribution in [3.63, 3.8) is 0 Å². The van der Waals surface area contributed by atoms with Crippen molar-refractivity contribution in [2.45, 2.75) is 12.5 Å². The first-order chi connectivity index (χ1) is 9.08. The number of hydrogen-bond acceptors (Lipinski definition) is 4. The zero-order valence-corrected chi connectivity index (χ0v) is 12.3. The number of thioether (sulfide) groups is 1. The van der Waals surface area contributed by atoms with Gasteiger partial charge >= 0.3 is 12.0 Å². The summed E-state index contributed by atoms with van der Waals surface area (Å²) in [5.41, 5.74) is 0. The molecule has 0 spiro atoms. The fourth-order valence-electron chi connectivity index (χ4n) is 2.29. The number of carbonyl (C=O) groups is 2. The van der Waals surface area contributed by atoms with Crippen LogP contribution in [0, 0.1) is 0 Å². The van der Waals surface area contributed by atoms with E-state index in [1.807, 2.05) is 0 Å². The Hall–Kier alpha value is -0.760. The van der Waals surface area contributed by atoms with Gasteiger partial charge in [-0.2, -0.15) is 11.8 Å². The molecular formula is C11H18N2O4S2. The van der Waals surface area contributed by atoms with E-state index in [1.165, 1.54) is 0 Å². The molecule has 19 heavy (non-hydrogen) atoms. The molecule has 0 aromatic carbocycles. The van der Waals surface area contributed by atoms with Crippen LogP contribution in [0.5, 0.6) is 0 Å². The summed E-state index contributed by atoms with van der Waals surface area (Å²) in [6.07, 6.45) is -0.00148. The molecule has 0 radical (unpaired) electrons. The van der Waals surface area contributed by atoms with Gasteiger partial charge in [-0.15, -0.1) is 0 Å². The number of urea groups is 1. The summed E-state index contributed by atoms with van der Waals surface area (Å²) in [7, 11) is -0.811. The van der Waals surface area contributed by atoms with Gasteiger partial charge in [0.2, 0.25) is 0 Å². The second-order valence-corrected chi connectivity index (χ2v) is 7.48. The topological polar surface area (TPSA) is 77.9 Å². The highest BCUT2D eigenvalue weighted by Gasteiger charge is 2.32. The molecular weight excluding hydrogens is 288 g/mol. The van der Waals surface area contributed by atoms with Crippen molar-refractivity contribution in [3.8, 4) is 0 Å². The molecule has 6 nitrogen and oxygen atoms in total. The highest BCUT2D eigenvalue weighted by atomic mass is 32.2. The molecule has 1 unspecified atom stereocenters. The Labute approximate surface area is 119 Å². The van der Waals surface area contributed by atoms with Gasteiger partial charge in [-0.05, 0) is 0 Å². The summed E-state index contributed by atoms with van der Waals surface area (Å²) in [6.45, 7) is 1.62. The van der Waals surface area contributed by atoms with Gasteiger partial charge in [-0.3, -0.25) is 9.00 Å². The Morgan fingerprint density at radius 3 is 2.58 bits per heavy atom. The lowest BCUT2D eigenvalue weighted by Crippen LogP contribution is -2.55. The number of nitrogens with zero attached hydrogens (tertiary/aromatic N) is 2. The first kappa shape index (κ1) is 14.6. The van der Waals surface area contributed by atoms with Crippen molar-refractivity contribution in [3.05, 3.63) is 0 Å². The molecule has 0 bridgehead atoms. The molecule has 0 aromatic rings. The van der Waals surface area contributed by atoms with Gasteiger partial charge in [0.05, 0.1) is 12.5 Å². The zero-order chi connectivity index (χ0) is 13.8. The Bertz CT molecular complexity index is 381. The van der Waals surface area contributed by atoms with E-state index in [2.05, 4.69) is 0 Å². The van der Waals surface area contributed by atoms with Crippen molar-refractivity contribution in [1.29, 1.82) is 0 Å². The Morgan fingerprint density at radius 2 is 1.95 bits per heavy atom. The average molecular weight is 306 g/mol. The maximum Gasteiger partial charge on any atom is 0.320 e. The smallest absolute Gasteiger partial charge is 0.320 e. The van der Waals surface area contributed by atoms with Crippen LogP contribution in [-0.4, -0.2) is 79.8 Å². The van der Waals surface area contributed by atoms with E-state index in [1.54, 1.807) is 21.6 Å². The summed E-state index contributed by atoms with van der Waals surface area (Å²) in [5, 5.41) is 8.91. The summed E-state index contributed by atoms with van der Waals surface area (Å²) < 4.78 is 11.3. The molecule has 2 fully saturated rings. The lowest BCUT2D eigenvalue weighted by Gasteiger charge is -2.39. The second kappa shape index (κ2) is 6.60. The average Bonchev–Trinajstić information content (AvgIpc) is 2.39. The number of carboxylic acid groups (broad SMARTS) is 1. The number of amides is 2. The highest BCUT2D eigenvalue weighted by molar-refractivity contribution is 7.99. The molecule has 0 aliphatic carbocycles.